The highest BCUT2D eigenvalue weighted by molar-refractivity contribution is 8.01. The number of imide groups is 4. The molecule has 6 atom stereocenters. The van der Waals surface area contributed by atoms with Crippen molar-refractivity contribution in [1.82, 2.24) is 0 Å². The summed E-state index contributed by atoms with van der Waals surface area (Å²) in [5, 5.41) is 9.26. The summed E-state index contributed by atoms with van der Waals surface area (Å²) in [4.78, 5) is 118. The number of anilines is 4. The fourth-order valence-electron chi connectivity index (χ4n) is 9.36. The molecule has 0 aliphatic carbocycles. The normalized spacial score (nSPS) is 20.3. The Kier molecular flexibility index (Phi) is 18.4. The van der Waals surface area contributed by atoms with Crippen LogP contribution in [0.4, 0.5) is 22.7 Å². The highest BCUT2D eigenvalue weighted by atomic mass is 32.2. The summed E-state index contributed by atoms with van der Waals surface area (Å²) in [5.41, 5.74) is 1.89. The van der Waals surface area contributed by atoms with E-state index >= 15 is 0 Å². The first-order chi connectivity index (χ1) is 38.6. The van der Waals surface area contributed by atoms with Crippen molar-refractivity contribution in [2.45, 2.75) is 99.7 Å². The zero-order valence-corrected chi connectivity index (χ0v) is 49.0. The molecule has 4 fully saturated rings. The average molecular weight is 1200 g/mol. The number of methoxy groups -OCH3 is 1. The number of thioether (sulfide) groups is 4. The molecule has 80 heavy (non-hydrogen) atoms. The van der Waals surface area contributed by atoms with Crippen molar-refractivity contribution in [3.8, 4) is 0 Å². The lowest BCUT2D eigenvalue weighted by Crippen LogP contribution is -2.35. The number of aliphatic hydroxyl groups is 1. The zero-order valence-electron chi connectivity index (χ0n) is 43.3. The summed E-state index contributed by atoms with van der Waals surface area (Å²) in [6.07, 6.45) is 0.520. The van der Waals surface area contributed by atoms with Gasteiger partial charge in [-0.2, -0.15) is 0 Å². The van der Waals surface area contributed by atoms with Gasteiger partial charge in [0.15, 0.2) is 0 Å². The molecule has 21 heteroatoms. The minimum atomic E-state index is -1.04. The number of hydrogen-bond donors (Lipinski definition) is 1. The maximum absolute atomic E-state index is 13.6. The lowest BCUT2D eigenvalue weighted by Gasteiger charge is -2.23. The van der Waals surface area contributed by atoms with Gasteiger partial charge in [-0.15, -0.1) is 47.0 Å². The van der Waals surface area contributed by atoms with Crippen LogP contribution in [0.3, 0.4) is 0 Å². The van der Waals surface area contributed by atoms with Gasteiger partial charge in [-0.05, 0) is 152 Å². The third kappa shape index (κ3) is 13.0. The van der Waals surface area contributed by atoms with Crippen molar-refractivity contribution < 1.29 is 48.2 Å². The molecule has 14 nitrogen and oxygen atoms in total. The standard InChI is InChI=1S/C59H52N4O10S7/c1-34-28-52(65)60(56(34)69)35-4-12-40(13-5-35)77-41-16-8-37(9-17-41)62-54(67)30-50(58(62)71)76-33-48(73-2)47(64)32-75-49-29-53(66)61(57(49)70)36-6-14-42(15-7-36)78-43-18-10-38(11-19-43)63-55(68)31-51(59(63)72)80-46-26-24-45(25-27-46)79-44-22-20-39(74-3)21-23-44/h4-27,34,47-51,64H,28-33H2,1-3H3/t34?,47-,48+,49?,50?,51?/m0/s1. The first-order valence-corrected chi connectivity index (χ1v) is 32.1. The molecule has 10 rings (SSSR count). The van der Waals surface area contributed by atoms with Crippen LogP contribution in [0.1, 0.15) is 32.6 Å². The molecule has 410 valence electrons. The van der Waals surface area contributed by atoms with Crippen LogP contribution < -0.4 is 19.6 Å². The Morgan fingerprint density at radius 3 is 1.07 bits per heavy atom. The number of carbonyl (C=O) groups is 8. The fraction of sp³-hybridized carbons (Fsp3) is 0.254. The summed E-state index contributed by atoms with van der Waals surface area (Å²) >= 11 is 10.0. The SMILES string of the molecule is CO[C@H](CSC1CC(=O)N(c2ccc(Sc3ccc(N4C(=O)CC(C)C4=O)cc3)cc2)C1=O)[C@@H](O)CSC1CC(=O)N(c2ccc(Sc3ccc(N4C(=O)CC(Sc5ccc(Sc6ccc(SC)cc6)cc5)C4=O)cc3)cc2)C1=O. The third-order valence-corrected chi connectivity index (χ3v) is 21.2. The van der Waals surface area contributed by atoms with E-state index in [2.05, 4.69) is 24.3 Å². The highest BCUT2D eigenvalue weighted by Crippen LogP contribution is 2.40. The minimum absolute atomic E-state index is 0.0200. The van der Waals surface area contributed by atoms with Gasteiger partial charge in [0.05, 0.1) is 50.7 Å². The molecule has 6 aromatic rings. The number of hydrogen-bond acceptors (Lipinski definition) is 17. The van der Waals surface area contributed by atoms with Crippen LogP contribution in [0.2, 0.25) is 0 Å². The number of aliphatic hydroxyl groups excluding tert-OH is 1. The molecule has 4 saturated heterocycles. The Balaban J connectivity index is 0.659. The second kappa shape index (κ2) is 25.6. The molecule has 4 aliphatic rings. The average Bonchev–Trinajstić information content (AvgIpc) is 4.12. The van der Waals surface area contributed by atoms with Crippen molar-refractivity contribution in [1.29, 1.82) is 0 Å². The van der Waals surface area contributed by atoms with E-state index in [-0.39, 0.29) is 90.4 Å². The summed E-state index contributed by atoms with van der Waals surface area (Å²) in [5.74, 6) is -2.44. The molecule has 8 amide bonds. The molecule has 0 bridgehead atoms. The van der Waals surface area contributed by atoms with E-state index in [0.717, 1.165) is 34.3 Å². The Hall–Kier alpha value is -5.75. The lowest BCUT2D eigenvalue weighted by atomic mass is 10.1. The first-order valence-electron chi connectivity index (χ1n) is 25.4. The maximum Gasteiger partial charge on any atom is 0.247 e. The zero-order chi connectivity index (χ0) is 56.2. The molecule has 0 radical (unpaired) electrons. The second-order valence-electron chi connectivity index (χ2n) is 19.0. The smallest absolute Gasteiger partial charge is 0.247 e. The molecule has 4 unspecified atom stereocenters. The van der Waals surface area contributed by atoms with Crippen molar-refractivity contribution in [3.63, 3.8) is 0 Å². The summed E-state index contributed by atoms with van der Waals surface area (Å²) < 4.78 is 5.62. The van der Waals surface area contributed by atoms with Gasteiger partial charge in [-0.25, -0.2) is 14.7 Å². The highest BCUT2D eigenvalue weighted by Gasteiger charge is 2.43. The number of nitrogens with zero attached hydrogens (tertiary/aromatic N) is 4. The number of benzene rings is 6. The summed E-state index contributed by atoms with van der Waals surface area (Å²) in [6.45, 7) is 1.74. The summed E-state index contributed by atoms with van der Waals surface area (Å²) in [7, 11) is 1.45. The molecular weight excluding hydrogens is 1150 g/mol. The Morgan fingerprint density at radius 2 is 0.725 bits per heavy atom. The minimum Gasteiger partial charge on any atom is -0.390 e. The monoisotopic (exact) mass is 1200 g/mol. The van der Waals surface area contributed by atoms with Gasteiger partial charge in [-0.3, -0.25) is 43.3 Å². The first kappa shape index (κ1) is 57.5. The van der Waals surface area contributed by atoms with Gasteiger partial charge in [0.25, 0.3) is 0 Å². The Bertz CT molecular complexity index is 3340. The molecule has 4 aliphatic heterocycles. The van der Waals surface area contributed by atoms with E-state index in [9.17, 15) is 43.5 Å². The van der Waals surface area contributed by atoms with Gasteiger partial charge in [0.2, 0.25) is 47.3 Å². The van der Waals surface area contributed by atoms with Gasteiger partial charge in [0.1, 0.15) is 0 Å². The summed E-state index contributed by atoms with van der Waals surface area (Å²) in [6, 6.07) is 44.9. The van der Waals surface area contributed by atoms with Crippen molar-refractivity contribution in [2.24, 2.45) is 5.92 Å². The van der Waals surface area contributed by atoms with Gasteiger partial charge < -0.3 is 9.84 Å². The Morgan fingerprint density at radius 1 is 0.425 bits per heavy atom. The number of rotatable bonds is 21. The van der Waals surface area contributed by atoms with E-state index in [1.807, 2.05) is 79.1 Å². The maximum atomic E-state index is 13.6. The van der Waals surface area contributed by atoms with E-state index in [1.54, 1.807) is 79.0 Å². The van der Waals surface area contributed by atoms with E-state index in [0.29, 0.717) is 22.7 Å². The molecule has 6 aromatic carbocycles. The van der Waals surface area contributed by atoms with Crippen LogP contribution in [0.25, 0.3) is 0 Å². The van der Waals surface area contributed by atoms with Crippen LogP contribution in [0.15, 0.2) is 185 Å². The van der Waals surface area contributed by atoms with Crippen LogP contribution in [-0.2, 0) is 43.1 Å². The van der Waals surface area contributed by atoms with Gasteiger partial charge >= 0.3 is 0 Å². The van der Waals surface area contributed by atoms with Gasteiger partial charge in [-0.1, -0.05) is 42.2 Å². The van der Waals surface area contributed by atoms with Crippen LogP contribution in [-0.4, -0.2) is 105 Å². The largest absolute Gasteiger partial charge is 0.390 e. The second-order valence-corrected chi connectivity index (χ2v) is 27.1. The van der Waals surface area contributed by atoms with E-state index < -0.39 is 28.0 Å². The van der Waals surface area contributed by atoms with Crippen LogP contribution in [0, 0.1) is 5.92 Å². The van der Waals surface area contributed by atoms with Crippen molar-refractivity contribution >= 4 is 152 Å². The van der Waals surface area contributed by atoms with E-state index in [4.69, 9.17) is 4.74 Å². The number of carbonyl (C=O) groups excluding carboxylic acids is 8. The Labute approximate surface area is 492 Å². The van der Waals surface area contributed by atoms with Crippen molar-refractivity contribution in [2.75, 3.05) is 44.5 Å². The lowest BCUT2D eigenvalue weighted by molar-refractivity contribution is -0.123. The number of amides is 8. The molecular formula is C59H52N4O10S7. The molecule has 0 saturated carbocycles. The molecule has 1 N–H and O–H groups in total. The topological polar surface area (TPSA) is 179 Å². The van der Waals surface area contributed by atoms with Crippen LogP contribution >= 0.6 is 82.3 Å². The van der Waals surface area contributed by atoms with Crippen molar-refractivity contribution in [3.05, 3.63) is 146 Å². The third-order valence-electron chi connectivity index (χ3n) is 13.6. The molecule has 0 aromatic heterocycles. The predicted octanol–water partition coefficient (Wildman–Crippen LogP) is 11.0. The fourth-order valence-corrected chi connectivity index (χ4v) is 15.7. The molecule has 0 spiro atoms. The molecule has 4 heterocycles. The quantitative estimate of drug-likeness (QED) is 0.0531. The van der Waals surface area contributed by atoms with Crippen LogP contribution in [0.5, 0.6) is 0 Å². The van der Waals surface area contributed by atoms with Gasteiger partial charge in [0, 0.05) is 89.4 Å². The predicted molar refractivity (Wildman–Crippen MR) is 319 cm³/mol. The van der Waals surface area contributed by atoms with E-state index in [1.165, 1.54) is 90.4 Å². The number of ether oxygens (including phenoxy) is 1.